The van der Waals surface area contributed by atoms with Gasteiger partial charge >= 0.3 is 0 Å². The van der Waals surface area contributed by atoms with Crippen molar-refractivity contribution < 1.29 is 17.9 Å². The summed E-state index contributed by atoms with van der Waals surface area (Å²) in [5.41, 5.74) is 9.16. The highest BCUT2D eigenvalue weighted by atomic mass is 32.2. The van der Waals surface area contributed by atoms with Crippen LogP contribution in [0, 0.1) is 0 Å². The van der Waals surface area contributed by atoms with E-state index in [9.17, 15) is 13.2 Å². The highest BCUT2D eigenvalue weighted by molar-refractivity contribution is 7.99. The summed E-state index contributed by atoms with van der Waals surface area (Å²) in [5, 5.41) is 3.02. The molecule has 0 unspecified atom stereocenters. The number of sulfonamides is 1. The number of hydrogen-bond acceptors (Lipinski definition) is 8. The van der Waals surface area contributed by atoms with E-state index in [0.29, 0.717) is 23.9 Å². The second-order valence-corrected chi connectivity index (χ2v) is 12.0. The number of thioether (sulfide) groups is 1. The van der Waals surface area contributed by atoms with Crippen molar-refractivity contribution >= 4 is 44.9 Å². The highest BCUT2D eigenvalue weighted by Crippen LogP contribution is 2.33. The molecule has 0 radical (unpaired) electrons. The van der Waals surface area contributed by atoms with Gasteiger partial charge in [-0.2, -0.15) is 4.98 Å². The van der Waals surface area contributed by atoms with Gasteiger partial charge in [0.05, 0.1) is 11.5 Å². The number of carbonyl (C=O) groups excluding carboxylic acids is 1. The number of benzene rings is 3. The van der Waals surface area contributed by atoms with Crippen LogP contribution in [0.4, 0.5) is 17.2 Å². The van der Waals surface area contributed by atoms with Crippen LogP contribution in [0.5, 0.6) is 5.88 Å². The van der Waals surface area contributed by atoms with Crippen LogP contribution in [-0.2, 0) is 27.7 Å². The van der Waals surface area contributed by atoms with E-state index in [2.05, 4.69) is 32.1 Å². The number of nitrogens with zero attached hydrogens (tertiary/aromatic N) is 2. The van der Waals surface area contributed by atoms with Crippen molar-refractivity contribution in [3.8, 4) is 5.88 Å². The molecule has 214 valence electrons. The third kappa shape index (κ3) is 9.22. The summed E-state index contributed by atoms with van der Waals surface area (Å²) in [6.45, 7) is 1.69. The number of aryl methyl sites for hydroxylation is 2. The quantitative estimate of drug-likeness (QED) is 0.0986. The molecule has 11 heteroatoms. The van der Waals surface area contributed by atoms with Crippen LogP contribution in [0.2, 0.25) is 0 Å². The predicted octanol–water partition coefficient (Wildman–Crippen LogP) is 5.55. The lowest BCUT2D eigenvalue weighted by molar-refractivity contribution is -0.114. The van der Waals surface area contributed by atoms with Gasteiger partial charge in [0.2, 0.25) is 11.8 Å². The first-order valence-electron chi connectivity index (χ1n) is 13.2. The molecule has 0 bridgehead atoms. The van der Waals surface area contributed by atoms with Gasteiger partial charge in [0.25, 0.3) is 10.0 Å². The van der Waals surface area contributed by atoms with Gasteiger partial charge in [-0.1, -0.05) is 72.4 Å². The van der Waals surface area contributed by atoms with E-state index in [1.54, 1.807) is 0 Å². The Bertz CT molecular complexity index is 1530. The van der Waals surface area contributed by atoms with Gasteiger partial charge in [0, 0.05) is 18.4 Å². The van der Waals surface area contributed by atoms with E-state index in [0.717, 1.165) is 25.0 Å². The zero-order valence-electron chi connectivity index (χ0n) is 22.7. The van der Waals surface area contributed by atoms with Crippen molar-refractivity contribution in [1.29, 1.82) is 0 Å². The fourth-order valence-electron chi connectivity index (χ4n) is 3.99. The Morgan fingerprint density at radius 3 is 2.10 bits per heavy atom. The molecule has 0 aliphatic heterocycles. The molecule has 0 atom stereocenters. The van der Waals surface area contributed by atoms with Crippen LogP contribution in [0.3, 0.4) is 0 Å². The SMILES string of the molecule is CC(=O)Nc1ccc(S(=O)(=O)Nc2c(N)nc(SCCCc3ccccc3)nc2OCCCc2ccccc2)cc1. The Balaban J connectivity index is 1.48. The van der Waals surface area contributed by atoms with Crippen LogP contribution in [0.25, 0.3) is 0 Å². The van der Waals surface area contributed by atoms with Crippen LogP contribution in [-0.4, -0.2) is 36.7 Å². The Kier molecular flexibility index (Phi) is 10.6. The number of aromatic nitrogens is 2. The highest BCUT2D eigenvalue weighted by Gasteiger charge is 2.22. The summed E-state index contributed by atoms with van der Waals surface area (Å²) in [4.78, 5) is 20.2. The molecule has 0 aliphatic carbocycles. The Labute approximate surface area is 245 Å². The summed E-state index contributed by atoms with van der Waals surface area (Å²) in [6, 6.07) is 26.0. The van der Waals surface area contributed by atoms with Gasteiger partial charge in [-0.05, 0) is 61.1 Å². The number of hydrogen-bond donors (Lipinski definition) is 3. The second-order valence-electron chi connectivity index (χ2n) is 9.26. The van der Waals surface area contributed by atoms with Gasteiger partial charge < -0.3 is 15.8 Å². The Morgan fingerprint density at radius 1 is 0.878 bits per heavy atom. The number of anilines is 3. The smallest absolute Gasteiger partial charge is 0.262 e. The summed E-state index contributed by atoms with van der Waals surface area (Å²) < 4.78 is 34.9. The number of nitrogens with one attached hydrogen (secondary N) is 2. The maximum atomic E-state index is 13.2. The Hall–Kier alpha value is -4.09. The molecule has 0 spiro atoms. The van der Waals surface area contributed by atoms with E-state index in [1.807, 2.05) is 48.5 Å². The monoisotopic (exact) mass is 591 g/mol. The molecule has 3 aromatic carbocycles. The first-order chi connectivity index (χ1) is 19.8. The fourth-order valence-corrected chi connectivity index (χ4v) is 5.84. The maximum absolute atomic E-state index is 13.2. The molecule has 1 aromatic heterocycles. The van der Waals surface area contributed by atoms with Crippen LogP contribution in [0.1, 0.15) is 30.9 Å². The average Bonchev–Trinajstić information content (AvgIpc) is 2.96. The van der Waals surface area contributed by atoms with E-state index < -0.39 is 10.0 Å². The molecular formula is C30H33N5O4S2. The largest absolute Gasteiger partial charge is 0.476 e. The van der Waals surface area contributed by atoms with Gasteiger partial charge in [-0.3, -0.25) is 9.52 Å². The lowest BCUT2D eigenvalue weighted by Crippen LogP contribution is -2.17. The van der Waals surface area contributed by atoms with Gasteiger partial charge in [-0.25, -0.2) is 13.4 Å². The van der Waals surface area contributed by atoms with Crippen molar-refractivity contribution in [2.24, 2.45) is 0 Å². The maximum Gasteiger partial charge on any atom is 0.262 e. The van der Waals surface area contributed by atoms with Crippen molar-refractivity contribution in [2.45, 2.75) is 42.7 Å². The molecule has 0 saturated heterocycles. The molecular weight excluding hydrogens is 558 g/mol. The predicted molar refractivity (Wildman–Crippen MR) is 164 cm³/mol. The van der Waals surface area contributed by atoms with Crippen LogP contribution in [0.15, 0.2) is 95.0 Å². The minimum Gasteiger partial charge on any atom is -0.476 e. The molecule has 4 aromatic rings. The minimum absolute atomic E-state index is 0.00992. The molecule has 0 aliphatic rings. The van der Waals surface area contributed by atoms with Crippen molar-refractivity contribution in [3.05, 3.63) is 96.1 Å². The van der Waals surface area contributed by atoms with Crippen LogP contribution >= 0.6 is 11.8 Å². The summed E-state index contributed by atoms with van der Waals surface area (Å²) in [7, 11) is -4.05. The number of amides is 1. The molecule has 0 fully saturated rings. The molecule has 41 heavy (non-hydrogen) atoms. The summed E-state index contributed by atoms with van der Waals surface area (Å²) >= 11 is 1.44. The lowest BCUT2D eigenvalue weighted by atomic mass is 10.1. The third-order valence-corrected chi connectivity index (χ3v) is 8.28. The number of ether oxygens (including phenoxy) is 1. The van der Waals surface area contributed by atoms with Gasteiger partial charge in [0.15, 0.2) is 16.7 Å². The molecule has 0 saturated carbocycles. The summed E-state index contributed by atoms with van der Waals surface area (Å²) in [6.07, 6.45) is 3.33. The van der Waals surface area contributed by atoms with Crippen molar-refractivity contribution in [1.82, 2.24) is 9.97 Å². The molecule has 4 rings (SSSR count). The minimum atomic E-state index is -4.05. The lowest BCUT2D eigenvalue weighted by Gasteiger charge is -2.16. The number of rotatable bonds is 14. The van der Waals surface area contributed by atoms with Crippen LogP contribution < -0.4 is 20.5 Å². The molecule has 1 amide bonds. The summed E-state index contributed by atoms with van der Waals surface area (Å²) in [5.74, 6) is 0.556. The van der Waals surface area contributed by atoms with Gasteiger partial charge in [-0.15, -0.1) is 0 Å². The number of nitrogen functional groups attached to an aromatic ring is 1. The van der Waals surface area contributed by atoms with Gasteiger partial charge in [0.1, 0.15) is 0 Å². The zero-order valence-corrected chi connectivity index (χ0v) is 24.4. The number of carbonyl (C=O) groups is 1. The average molecular weight is 592 g/mol. The first kappa shape index (κ1) is 29.9. The fraction of sp³-hybridized carbons (Fsp3) is 0.233. The van der Waals surface area contributed by atoms with E-state index in [1.165, 1.54) is 54.1 Å². The topological polar surface area (TPSA) is 136 Å². The van der Waals surface area contributed by atoms with E-state index in [4.69, 9.17) is 10.5 Å². The molecule has 9 nitrogen and oxygen atoms in total. The van der Waals surface area contributed by atoms with E-state index in [-0.39, 0.29) is 28.2 Å². The zero-order chi connectivity index (χ0) is 29.1. The van der Waals surface area contributed by atoms with Crippen molar-refractivity contribution in [2.75, 3.05) is 28.1 Å². The molecule has 1 heterocycles. The first-order valence-corrected chi connectivity index (χ1v) is 15.7. The van der Waals surface area contributed by atoms with E-state index >= 15 is 0 Å². The number of nitrogens with two attached hydrogens (primary N) is 1. The normalized spacial score (nSPS) is 11.1. The Morgan fingerprint density at radius 2 is 1.49 bits per heavy atom. The standard InChI is InChI=1S/C30H33N5O4S2/c1-22(36)32-25-16-18-26(19-17-25)41(37,38)35-27-28(31)33-30(40-21-9-15-24-12-6-3-7-13-24)34-29(27)39-20-8-14-23-10-4-2-5-11-23/h2-7,10-13,16-19,35H,8-9,14-15,20-21H2,1H3,(H,32,36)(H2,31,33,34). The second kappa shape index (κ2) is 14.5. The third-order valence-electron chi connectivity index (χ3n) is 5.98. The van der Waals surface area contributed by atoms with Crippen molar-refractivity contribution in [3.63, 3.8) is 0 Å². The molecule has 4 N–H and O–H groups in total.